The Bertz CT molecular complexity index is 260. The summed E-state index contributed by atoms with van der Waals surface area (Å²) in [5.74, 6) is 2.40. The van der Waals surface area contributed by atoms with E-state index in [2.05, 4.69) is 33.0 Å². The predicted octanol–water partition coefficient (Wildman–Crippen LogP) is 3.61. The molecular weight excluding hydrogens is 222 g/mol. The van der Waals surface area contributed by atoms with Crippen molar-refractivity contribution in [2.24, 2.45) is 17.8 Å². The molecule has 1 aliphatic heterocycles. The lowest BCUT2D eigenvalue weighted by Crippen LogP contribution is -2.60. The Morgan fingerprint density at radius 2 is 2.06 bits per heavy atom. The third-order valence-electron chi connectivity index (χ3n) is 4.95. The fraction of sp³-hybridized carbons (Fsp3) is 1.00. The molecule has 106 valence electrons. The molecule has 1 N–H and O–H groups in total. The van der Waals surface area contributed by atoms with E-state index in [1.807, 2.05) is 0 Å². The van der Waals surface area contributed by atoms with Crippen LogP contribution in [0, 0.1) is 17.8 Å². The molecule has 1 heterocycles. The Morgan fingerprint density at radius 3 is 2.72 bits per heavy atom. The molecule has 0 amide bonds. The molecule has 0 aromatic carbocycles. The van der Waals surface area contributed by atoms with Gasteiger partial charge in [0.1, 0.15) is 0 Å². The zero-order chi connectivity index (χ0) is 13.2. The van der Waals surface area contributed by atoms with Crippen LogP contribution in [0.15, 0.2) is 0 Å². The maximum atomic E-state index is 6.34. The summed E-state index contributed by atoms with van der Waals surface area (Å²) in [6.45, 7) is 11.3. The number of hydrogen-bond acceptors (Lipinski definition) is 2. The van der Waals surface area contributed by atoms with Crippen molar-refractivity contribution in [1.29, 1.82) is 0 Å². The molecule has 2 aliphatic rings. The summed E-state index contributed by atoms with van der Waals surface area (Å²) in [6, 6.07) is 0.577. The van der Waals surface area contributed by atoms with Gasteiger partial charge in [0.25, 0.3) is 0 Å². The van der Waals surface area contributed by atoms with Gasteiger partial charge in [-0.25, -0.2) is 0 Å². The first kappa shape index (κ1) is 14.3. The van der Waals surface area contributed by atoms with Gasteiger partial charge in [0.05, 0.1) is 12.2 Å². The van der Waals surface area contributed by atoms with Crippen molar-refractivity contribution in [3.8, 4) is 0 Å². The molecule has 2 nitrogen and oxygen atoms in total. The number of nitrogens with one attached hydrogen (secondary N) is 1. The van der Waals surface area contributed by atoms with Crippen LogP contribution < -0.4 is 5.32 Å². The Hall–Kier alpha value is -0.0800. The Kier molecular flexibility index (Phi) is 4.71. The molecule has 1 aliphatic carbocycles. The highest BCUT2D eigenvalue weighted by Crippen LogP contribution is 2.43. The fourth-order valence-electron chi connectivity index (χ4n) is 3.87. The molecule has 1 saturated heterocycles. The quantitative estimate of drug-likeness (QED) is 0.829. The van der Waals surface area contributed by atoms with Gasteiger partial charge in [0.2, 0.25) is 0 Å². The summed E-state index contributed by atoms with van der Waals surface area (Å²) in [7, 11) is 0. The average Bonchev–Trinajstić information content (AvgIpc) is 2.32. The standard InChI is InChI=1S/C16H31NO/c1-12(2)10-15-16(18-9-8-17-15)7-5-6-14(11-16)13(3)4/h12-15,17H,5-11H2,1-4H3. The second-order valence-corrected chi connectivity index (χ2v) is 7.15. The number of ether oxygens (including phenoxy) is 1. The third-order valence-corrected chi connectivity index (χ3v) is 4.95. The van der Waals surface area contributed by atoms with Crippen molar-refractivity contribution in [3.63, 3.8) is 0 Å². The minimum absolute atomic E-state index is 0.149. The van der Waals surface area contributed by atoms with E-state index in [1.54, 1.807) is 0 Å². The van der Waals surface area contributed by atoms with Gasteiger partial charge >= 0.3 is 0 Å². The van der Waals surface area contributed by atoms with E-state index in [9.17, 15) is 0 Å². The van der Waals surface area contributed by atoms with Gasteiger partial charge < -0.3 is 10.1 Å². The molecule has 0 radical (unpaired) electrons. The molecule has 0 aromatic rings. The summed E-state index contributed by atoms with van der Waals surface area (Å²) in [6.07, 6.45) is 6.54. The van der Waals surface area contributed by atoms with E-state index in [0.717, 1.165) is 30.9 Å². The lowest BCUT2D eigenvalue weighted by molar-refractivity contribution is -0.135. The van der Waals surface area contributed by atoms with Gasteiger partial charge in [-0.1, -0.05) is 34.1 Å². The van der Waals surface area contributed by atoms with Crippen LogP contribution in [-0.2, 0) is 4.74 Å². The van der Waals surface area contributed by atoms with Gasteiger partial charge in [0.15, 0.2) is 0 Å². The van der Waals surface area contributed by atoms with Gasteiger partial charge in [-0.05, 0) is 43.4 Å². The highest BCUT2D eigenvalue weighted by atomic mass is 16.5. The van der Waals surface area contributed by atoms with E-state index in [-0.39, 0.29) is 5.60 Å². The minimum atomic E-state index is 0.149. The zero-order valence-corrected chi connectivity index (χ0v) is 12.7. The molecule has 3 atom stereocenters. The molecule has 18 heavy (non-hydrogen) atoms. The van der Waals surface area contributed by atoms with Crippen LogP contribution in [0.25, 0.3) is 0 Å². The number of rotatable bonds is 3. The molecule has 2 heteroatoms. The monoisotopic (exact) mass is 253 g/mol. The third kappa shape index (κ3) is 3.08. The van der Waals surface area contributed by atoms with E-state index in [1.165, 1.54) is 32.1 Å². The summed E-state index contributed by atoms with van der Waals surface area (Å²) < 4.78 is 6.34. The largest absolute Gasteiger partial charge is 0.372 e. The van der Waals surface area contributed by atoms with E-state index in [4.69, 9.17) is 4.74 Å². The molecule has 1 saturated carbocycles. The smallest absolute Gasteiger partial charge is 0.0838 e. The van der Waals surface area contributed by atoms with E-state index in [0.29, 0.717) is 6.04 Å². The van der Waals surface area contributed by atoms with Crippen LogP contribution in [0.1, 0.15) is 59.8 Å². The summed E-state index contributed by atoms with van der Waals surface area (Å²) in [5.41, 5.74) is 0.149. The number of hydrogen-bond donors (Lipinski definition) is 1. The number of morpholine rings is 1. The van der Waals surface area contributed by atoms with Gasteiger partial charge in [-0.2, -0.15) is 0 Å². The molecular formula is C16H31NO. The van der Waals surface area contributed by atoms with Crippen LogP contribution in [0.3, 0.4) is 0 Å². The normalized spacial score (nSPS) is 37.7. The first-order valence-corrected chi connectivity index (χ1v) is 7.91. The van der Waals surface area contributed by atoms with Crippen molar-refractivity contribution < 1.29 is 4.74 Å². The summed E-state index contributed by atoms with van der Waals surface area (Å²) in [5, 5.41) is 3.75. The van der Waals surface area contributed by atoms with Crippen molar-refractivity contribution in [3.05, 3.63) is 0 Å². The highest BCUT2D eigenvalue weighted by Gasteiger charge is 2.45. The average molecular weight is 253 g/mol. The topological polar surface area (TPSA) is 21.3 Å². The zero-order valence-electron chi connectivity index (χ0n) is 12.7. The summed E-state index contributed by atoms with van der Waals surface area (Å²) in [4.78, 5) is 0. The van der Waals surface area contributed by atoms with Crippen LogP contribution in [-0.4, -0.2) is 24.8 Å². The molecule has 2 fully saturated rings. The first-order valence-electron chi connectivity index (χ1n) is 7.91. The molecule has 2 rings (SSSR count). The Balaban J connectivity index is 2.09. The van der Waals surface area contributed by atoms with Crippen molar-refractivity contribution in [2.45, 2.75) is 71.4 Å². The van der Waals surface area contributed by atoms with Crippen molar-refractivity contribution in [2.75, 3.05) is 13.2 Å². The van der Waals surface area contributed by atoms with E-state index >= 15 is 0 Å². The van der Waals surface area contributed by atoms with Crippen LogP contribution >= 0.6 is 0 Å². The minimum Gasteiger partial charge on any atom is -0.372 e. The second-order valence-electron chi connectivity index (χ2n) is 7.15. The maximum Gasteiger partial charge on any atom is 0.0838 e. The lowest BCUT2D eigenvalue weighted by Gasteiger charge is -2.50. The Morgan fingerprint density at radius 1 is 1.28 bits per heavy atom. The van der Waals surface area contributed by atoms with Crippen LogP contribution in [0.5, 0.6) is 0 Å². The Labute approximate surface area is 113 Å². The summed E-state index contributed by atoms with van der Waals surface area (Å²) >= 11 is 0. The second kappa shape index (κ2) is 5.92. The van der Waals surface area contributed by atoms with Gasteiger partial charge in [-0.3, -0.25) is 0 Å². The van der Waals surface area contributed by atoms with Gasteiger partial charge in [-0.15, -0.1) is 0 Å². The van der Waals surface area contributed by atoms with Gasteiger partial charge in [0, 0.05) is 12.6 Å². The van der Waals surface area contributed by atoms with Crippen LogP contribution in [0.4, 0.5) is 0 Å². The molecule has 0 aromatic heterocycles. The molecule has 0 bridgehead atoms. The van der Waals surface area contributed by atoms with E-state index < -0.39 is 0 Å². The highest BCUT2D eigenvalue weighted by molar-refractivity contribution is 5.00. The molecule has 1 spiro atoms. The SMILES string of the molecule is CC(C)CC1NCCOC12CCCC(C(C)C)C2. The van der Waals surface area contributed by atoms with Crippen molar-refractivity contribution >= 4 is 0 Å². The van der Waals surface area contributed by atoms with Crippen molar-refractivity contribution in [1.82, 2.24) is 5.32 Å². The predicted molar refractivity (Wildman–Crippen MR) is 76.7 cm³/mol. The maximum absolute atomic E-state index is 6.34. The van der Waals surface area contributed by atoms with Crippen LogP contribution in [0.2, 0.25) is 0 Å². The molecule has 3 unspecified atom stereocenters. The fourth-order valence-corrected chi connectivity index (χ4v) is 3.87. The first-order chi connectivity index (χ1) is 8.53. The lowest BCUT2D eigenvalue weighted by atomic mass is 9.69.